The van der Waals surface area contributed by atoms with Gasteiger partial charge in [-0.05, 0) is 32.3 Å². The van der Waals surface area contributed by atoms with Crippen molar-refractivity contribution in [3.05, 3.63) is 29.3 Å². The fourth-order valence-electron chi connectivity index (χ4n) is 1.99. The zero-order chi connectivity index (χ0) is 13.1. The Balaban J connectivity index is 0.00000180. The van der Waals surface area contributed by atoms with Crippen LogP contribution in [0.25, 0.3) is 0 Å². The van der Waals surface area contributed by atoms with E-state index in [1.165, 1.54) is 0 Å². The van der Waals surface area contributed by atoms with Crippen molar-refractivity contribution in [3.8, 4) is 0 Å². The molecule has 1 aromatic rings. The van der Waals surface area contributed by atoms with Gasteiger partial charge in [0.15, 0.2) is 0 Å². The summed E-state index contributed by atoms with van der Waals surface area (Å²) in [7, 11) is 4.02. The maximum Gasteiger partial charge on any atom is 0.324 e. The number of halogens is 2. The first kappa shape index (κ1) is 16.1. The van der Waals surface area contributed by atoms with Crippen LogP contribution in [-0.2, 0) is 0 Å². The number of anilines is 1. The second kappa shape index (κ2) is 6.98. The van der Waals surface area contributed by atoms with Crippen molar-refractivity contribution in [2.24, 2.45) is 0 Å². The van der Waals surface area contributed by atoms with Crippen LogP contribution in [0, 0.1) is 0 Å². The van der Waals surface area contributed by atoms with Crippen molar-refractivity contribution < 1.29 is 4.79 Å². The van der Waals surface area contributed by atoms with Gasteiger partial charge in [-0.2, -0.15) is 0 Å². The van der Waals surface area contributed by atoms with Crippen LogP contribution in [0.3, 0.4) is 0 Å². The summed E-state index contributed by atoms with van der Waals surface area (Å²) in [5.41, 5.74) is 0.875. The highest BCUT2D eigenvalue weighted by Gasteiger charge is 2.29. The van der Waals surface area contributed by atoms with Crippen LogP contribution in [0.15, 0.2) is 24.3 Å². The molecular formula is C13H19Cl2N3O. The number of rotatable bonds is 4. The summed E-state index contributed by atoms with van der Waals surface area (Å²) in [4.78, 5) is 18.0. The highest BCUT2D eigenvalue weighted by Crippen LogP contribution is 2.23. The SMILES string of the molecule is CN(C)CCN1CCN(c2cccc(Cl)c2)C1=O.Cl. The van der Waals surface area contributed by atoms with Crippen LogP contribution >= 0.6 is 24.0 Å². The van der Waals surface area contributed by atoms with Gasteiger partial charge >= 0.3 is 6.03 Å². The van der Waals surface area contributed by atoms with Crippen LogP contribution in [0.1, 0.15) is 0 Å². The number of likely N-dealkylation sites (N-methyl/N-ethyl adjacent to an activating group) is 1. The zero-order valence-corrected chi connectivity index (χ0v) is 12.7. The molecule has 19 heavy (non-hydrogen) atoms. The van der Waals surface area contributed by atoms with E-state index in [2.05, 4.69) is 4.90 Å². The molecular weight excluding hydrogens is 285 g/mol. The van der Waals surface area contributed by atoms with Crippen molar-refractivity contribution in [3.63, 3.8) is 0 Å². The van der Waals surface area contributed by atoms with Gasteiger partial charge in [-0.1, -0.05) is 17.7 Å². The Morgan fingerprint density at radius 3 is 2.68 bits per heavy atom. The Bertz CT molecular complexity index is 440. The Labute approximate surface area is 125 Å². The first-order valence-electron chi connectivity index (χ1n) is 6.04. The number of benzene rings is 1. The normalized spacial score (nSPS) is 15.1. The van der Waals surface area contributed by atoms with E-state index in [1.807, 2.05) is 43.3 Å². The Kier molecular flexibility index (Phi) is 5.91. The predicted octanol–water partition coefficient (Wildman–Crippen LogP) is 2.57. The van der Waals surface area contributed by atoms with Gasteiger partial charge in [0.25, 0.3) is 0 Å². The summed E-state index contributed by atoms with van der Waals surface area (Å²) in [5.74, 6) is 0. The van der Waals surface area contributed by atoms with E-state index in [0.29, 0.717) is 5.02 Å². The van der Waals surface area contributed by atoms with Crippen molar-refractivity contribution in [2.75, 3.05) is 45.2 Å². The van der Waals surface area contributed by atoms with E-state index >= 15 is 0 Å². The molecule has 1 fully saturated rings. The molecule has 0 N–H and O–H groups in total. The third-order valence-electron chi connectivity index (χ3n) is 3.03. The maximum absolute atomic E-state index is 12.2. The molecule has 4 nitrogen and oxygen atoms in total. The van der Waals surface area contributed by atoms with Crippen LogP contribution in [0.5, 0.6) is 0 Å². The Hall–Kier alpha value is -0.970. The number of nitrogens with zero attached hydrogens (tertiary/aromatic N) is 3. The molecule has 0 atom stereocenters. The van der Waals surface area contributed by atoms with Gasteiger partial charge in [0.2, 0.25) is 0 Å². The van der Waals surface area contributed by atoms with Crippen molar-refractivity contribution >= 4 is 35.7 Å². The lowest BCUT2D eigenvalue weighted by Crippen LogP contribution is -2.36. The van der Waals surface area contributed by atoms with E-state index in [0.717, 1.165) is 31.9 Å². The lowest BCUT2D eigenvalue weighted by molar-refractivity contribution is 0.215. The van der Waals surface area contributed by atoms with Gasteiger partial charge in [0.05, 0.1) is 0 Å². The van der Waals surface area contributed by atoms with Crippen LogP contribution < -0.4 is 4.90 Å². The van der Waals surface area contributed by atoms with Gasteiger partial charge in [-0.25, -0.2) is 4.79 Å². The maximum atomic E-state index is 12.2. The van der Waals surface area contributed by atoms with Crippen molar-refractivity contribution in [2.45, 2.75) is 0 Å². The second-order valence-electron chi connectivity index (χ2n) is 4.70. The molecule has 1 heterocycles. The fraction of sp³-hybridized carbons (Fsp3) is 0.462. The molecule has 1 saturated heterocycles. The number of carbonyl (C=O) groups excluding carboxylic acids is 1. The summed E-state index contributed by atoms with van der Waals surface area (Å²) in [6, 6.07) is 7.50. The molecule has 106 valence electrons. The average Bonchev–Trinajstić information content (AvgIpc) is 2.68. The van der Waals surface area contributed by atoms with E-state index in [-0.39, 0.29) is 18.4 Å². The molecule has 1 aliphatic rings. The number of urea groups is 1. The first-order chi connectivity index (χ1) is 8.58. The van der Waals surface area contributed by atoms with Gasteiger partial charge in [-0.3, -0.25) is 4.90 Å². The molecule has 0 bridgehead atoms. The smallest absolute Gasteiger partial charge is 0.321 e. The topological polar surface area (TPSA) is 26.8 Å². The predicted molar refractivity (Wildman–Crippen MR) is 81.6 cm³/mol. The largest absolute Gasteiger partial charge is 0.324 e. The van der Waals surface area contributed by atoms with E-state index in [4.69, 9.17) is 11.6 Å². The highest BCUT2D eigenvalue weighted by atomic mass is 35.5. The third-order valence-corrected chi connectivity index (χ3v) is 3.27. The summed E-state index contributed by atoms with van der Waals surface area (Å²) < 4.78 is 0. The highest BCUT2D eigenvalue weighted by molar-refractivity contribution is 6.30. The second-order valence-corrected chi connectivity index (χ2v) is 5.14. The minimum atomic E-state index is 0. The quantitative estimate of drug-likeness (QED) is 0.855. The average molecular weight is 304 g/mol. The molecule has 1 aliphatic heterocycles. The van der Waals surface area contributed by atoms with Gasteiger partial charge in [0, 0.05) is 36.9 Å². The van der Waals surface area contributed by atoms with Crippen molar-refractivity contribution in [1.82, 2.24) is 9.80 Å². The fourth-order valence-corrected chi connectivity index (χ4v) is 2.18. The van der Waals surface area contributed by atoms with E-state index in [1.54, 1.807) is 4.90 Å². The molecule has 0 spiro atoms. The summed E-state index contributed by atoms with van der Waals surface area (Å²) in [6.07, 6.45) is 0. The molecule has 0 radical (unpaired) electrons. The molecule has 2 amide bonds. The summed E-state index contributed by atoms with van der Waals surface area (Å²) in [6.45, 7) is 3.16. The van der Waals surface area contributed by atoms with Crippen LogP contribution in [0.2, 0.25) is 5.02 Å². The van der Waals surface area contributed by atoms with Crippen LogP contribution in [0.4, 0.5) is 10.5 Å². The molecule has 0 unspecified atom stereocenters. The van der Waals surface area contributed by atoms with Gasteiger partial charge in [0.1, 0.15) is 0 Å². The number of hydrogen-bond donors (Lipinski definition) is 0. The third kappa shape index (κ3) is 4.00. The molecule has 2 rings (SSSR count). The molecule has 0 saturated carbocycles. The van der Waals surface area contributed by atoms with Crippen molar-refractivity contribution in [1.29, 1.82) is 0 Å². The number of amides is 2. The van der Waals surface area contributed by atoms with Gasteiger partial charge in [-0.15, -0.1) is 12.4 Å². The molecule has 0 aliphatic carbocycles. The summed E-state index contributed by atoms with van der Waals surface area (Å²) in [5, 5.41) is 0.659. The lowest BCUT2D eigenvalue weighted by atomic mass is 10.3. The lowest BCUT2D eigenvalue weighted by Gasteiger charge is -2.20. The van der Waals surface area contributed by atoms with Crippen LogP contribution in [-0.4, -0.2) is 56.1 Å². The number of carbonyl (C=O) groups is 1. The standard InChI is InChI=1S/C13H18ClN3O.ClH/c1-15(2)6-7-16-8-9-17(13(16)18)12-5-3-4-11(14)10-12;/h3-5,10H,6-9H2,1-2H3;1H. The van der Waals surface area contributed by atoms with E-state index < -0.39 is 0 Å². The first-order valence-corrected chi connectivity index (χ1v) is 6.42. The minimum absolute atomic E-state index is 0. The Morgan fingerprint density at radius 2 is 2.05 bits per heavy atom. The Morgan fingerprint density at radius 1 is 1.32 bits per heavy atom. The monoisotopic (exact) mass is 303 g/mol. The molecule has 6 heteroatoms. The molecule has 0 aromatic heterocycles. The minimum Gasteiger partial charge on any atom is -0.321 e. The number of hydrogen-bond acceptors (Lipinski definition) is 2. The molecule has 1 aromatic carbocycles. The van der Waals surface area contributed by atoms with E-state index in [9.17, 15) is 4.79 Å². The summed E-state index contributed by atoms with van der Waals surface area (Å²) >= 11 is 5.95. The zero-order valence-electron chi connectivity index (χ0n) is 11.2. The van der Waals surface area contributed by atoms with Gasteiger partial charge < -0.3 is 9.80 Å².